The highest BCUT2D eigenvalue weighted by molar-refractivity contribution is 5.51. The number of methoxy groups -OCH3 is 1. The maximum absolute atomic E-state index is 5.49. The summed E-state index contributed by atoms with van der Waals surface area (Å²) < 4.78 is 16.2. The van der Waals surface area contributed by atoms with Gasteiger partial charge in [0.1, 0.15) is 19.0 Å². The molecule has 1 aliphatic rings. The second-order valence-electron chi connectivity index (χ2n) is 3.43. The van der Waals surface area contributed by atoms with Crippen LogP contribution in [0, 0.1) is 0 Å². The molecule has 0 unspecified atom stereocenters. The number of hydrogen-bond acceptors (Lipinski definition) is 5. The SMILES string of the molecule is COc1cc2c(cc1CCON)OCCO2. The van der Waals surface area contributed by atoms with E-state index in [2.05, 4.69) is 4.84 Å². The quantitative estimate of drug-likeness (QED) is 0.771. The standard InChI is InChI=1S/C11H15NO4/c1-13-9-7-11-10(14-4-5-15-11)6-8(9)2-3-16-12/h6-7H,2-5,12H2,1H3. The zero-order chi connectivity index (χ0) is 11.4. The Morgan fingerprint density at radius 2 is 1.94 bits per heavy atom. The molecule has 0 spiro atoms. The molecule has 0 bridgehead atoms. The number of fused-ring (bicyclic) bond motifs is 1. The molecule has 0 radical (unpaired) electrons. The monoisotopic (exact) mass is 225 g/mol. The average molecular weight is 225 g/mol. The van der Waals surface area contributed by atoms with Crippen LogP contribution in [0.4, 0.5) is 0 Å². The molecule has 5 nitrogen and oxygen atoms in total. The van der Waals surface area contributed by atoms with E-state index in [0.29, 0.717) is 26.2 Å². The van der Waals surface area contributed by atoms with Gasteiger partial charge in [0.2, 0.25) is 0 Å². The lowest BCUT2D eigenvalue weighted by Gasteiger charge is -2.20. The van der Waals surface area contributed by atoms with Gasteiger partial charge < -0.3 is 19.0 Å². The highest BCUT2D eigenvalue weighted by Crippen LogP contribution is 2.36. The highest BCUT2D eigenvalue weighted by Gasteiger charge is 2.16. The molecule has 0 fully saturated rings. The minimum Gasteiger partial charge on any atom is -0.496 e. The second-order valence-corrected chi connectivity index (χ2v) is 3.43. The summed E-state index contributed by atoms with van der Waals surface area (Å²) in [5.41, 5.74) is 0.997. The minimum absolute atomic E-state index is 0.440. The predicted octanol–water partition coefficient (Wildman–Crippen LogP) is 0.899. The third-order valence-corrected chi connectivity index (χ3v) is 2.43. The first kappa shape index (κ1) is 11.0. The van der Waals surface area contributed by atoms with Crippen molar-refractivity contribution >= 4 is 0 Å². The Morgan fingerprint density at radius 1 is 1.25 bits per heavy atom. The lowest BCUT2D eigenvalue weighted by Crippen LogP contribution is -2.16. The Hall–Kier alpha value is -1.46. The van der Waals surface area contributed by atoms with Gasteiger partial charge in [0.25, 0.3) is 0 Å². The first-order chi connectivity index (χ1) is 7.85. The Labute approximate surface area is 94.0 Å². The lowest BCUT2D eigenvalue weighted by molar-refractivity contribution is 0.140. The van der Waals surface area contributed by atoms with Gasteiger partial charge in [-0.1, -0.05) is 0 Å². The third kappa shape index (κ3) is 2.20. The normalized spacial score (nSPS) is 13.6. The molecule has 0 atom stereocenters. The lowest BCUT2D eigenvalue weighted by atomic mass is 10.1. The van der Waals surface area contributed by atoms with Crippen molar-refractivity contribution in [3.8, 4) is 17.2 Å². The van der Waals surface area contributed by atoms with E-state index in [1.807, 2.05) is 12.1 Å². The molecule has 0 amide bonds. The van der Waals surface area contributed by atoms with Crippen LogP contribution in [0.25, 0.3) is 0 Å². The van der Waals surface area contributed by atoms with Crippen molar-refractivity contribution in [2.24, 2.45) is 5.90 Å². The third-order valence-electron chi connectivity index (χ3n) is 2.43. The minimum atomic E-state index is 0.440. The van der Waals surface area contributed by atoms with Crippen molar-refractivity contribution in [1.82, 2.24) is 0 Å². The van der Waals surface area contributed by atoms with Gasteiger partial charge in [-0.2, -0.15) is 0 Å². The van der Waals surface area contributed by atoms with E-state index in [9.17, 15) is 0 Å². The van der Waals surface area contributed by atoms with Gasteiger partial charge in [0.15, 0.2) is 11.5 Å². The van der Waals surface area contributed by atoms with Gasteiger partial charge in [-0.3, -0.25) is 0 Å². The van der Waals surface area contributed by atoms with Gasteiger partial charge in [0.05, 0.1) is 13.7 Å². The fourth-order valence-corrected chi connectivity index (χ4v) is 1.67. The van der Waals surface area contributed by atoms with E-state index < -0.39 is 0 Å². The first-order valence-electron chi connectivity index (χ1n) is 5.13. The van der Waals surface area contributed by atoms with Crippen LogP contribution >= 0.6 is 0 Å². The summed E-state index contributed by atoms with van der Waals surface area (Å²) >= 11 is 0. The van der Waals surface area contributed by atoms with Crippen molar-refractivity contribution in [3.05, 3.63) is 17.7 Å². The van der Waals surface area contributed by atoms with E-state index in [1.165, 1.54) is 0 Å². The molecule has 0 aromatic heterocycles. The van der Waals surface area contributed by atoms with Crippen molar-refractivity contribution < 1.29 is 19.0 Å². The van der Waals surface area contributed by atoms with E-state index in [-0.39, 0.29) is 0 Å². The van der Waals surface area contributed by atoms with Crippen molar-refractivity contribution in [1.29, 1.82) is 0 Å². The van der Waals surface area contributed by atoms with Crippen LogP contribution in [0.15, 0.2) is 12.1 Å². The number of ether oxygens (including phenoxy) is 3. The molecule has 2 N–H and O–H groups in total. The molecule has 5 heteroatoms. The summed E-state index contributed by atoms with van der Waals surface area (Å²) in [6.45, 7) is 1.59. The number of rotatable bonds is 4. The molecular weight excluding hydrogens is 210 g/mol. The van der Waals surface area contributed by atoms with Crippen LogP contribution in [0.3, 0.4) is 0 Å². The summed E-state index contributed by atoms with van der Waals surface area (Å²) in [4.78, 5) is 4.56. The smallest absolute Gasteiger partial charge is 0.165 e. The number of benzene rings is 1. The molecule has 2 rings (SSSR count). The Balaban J connectivity index is 2.28. The van der Waals surface area contributed by atoms with Crippen LogP contribution in [0.2, 0.25) is 0 Å². The summed E-state index contributed by atoms with van der Waals surface area (Å²) in [5, 5.41) is 0. The number of nitrogens with two attached hydrogens (primary N) is 1. The zero-order valence-electron chi connectivity index (χ0n) is 9.19. The topological polar surface area (TPSA) is 62.9 Å². The summed E-state index contributed by atoms with van der Waals surface area (Å²) in [6.07, 6.45) is 0.677. The van der Waals surface area contributed by atoms with E-state index >= 15 is 0 Å². The summed E-state index contributed by atoms with van der Waals surface area (Å²) in [5.74, 6) is 7.25. The van der Waals surface area contributed by atoms with Crippen molar-refractivity contribution in [2.75, 3.05) is 26.9 Å². The van der Waals surface area contributed by atoms with Crippen molar-refractivity contribution in [2.45, 2.75) is 6.42 Å². The molecule has 0 saturated heterocycles. The highest BCUT2D eigenvalue weighted by atomic mass is 16.6. The van der Waals surface area contributed by atoms with Gasteiger partial charge >= 0.3 is 0 Å². The second kappa shape index (κ2) is 5.05. The Kier molecular flexibility index (Phi) is 3.48. The van der Waals surface area contributed by atoms with Gasteiger partial charge in [0, 0.05) is 18.1 Å². The maximum Gasteiger partial charge on any atom is 0.165 e. The van der Waals surface area contributed by atoms with Crippen LogP contribution in [-0.2, 0) is 11.3 Å². The summed E-state index contributed by atoms with van der Waals surface area (Å²) in [7, 11) is 1.62. The fourth-order valence-electron chi connectivity index (χ4n) is 1.67. The predicted molar refractivity (Wildman–Crippen MR) is 57.8 cm³/mol. The molecule has 1 heterocycles. The van der Waals surface area contributed by atoms with Gasteiger partial charge in [-0.05, 0) is 6.07 Å². The first-order valence-corrected chi connectivity index (χ1v) is 5.13. The fraction of sp³-hybridized carbons (Fsp3) is 0.455. The van der Waals surface area contributed by atoms with E-state index in [0.717, 1.165) is 22.8 Å². The zero-order valence-corrected chi connectivity index (χ0v) is 9.19. The van der Waals surface area contributed by atoms with Gasteiger partial charge in [-0.15, -0.1) is 0 Å². The molecule has 1 aromatic rings. The molecule has 0 aliphatic carbocycles. The van der Waals surface area contributed by atoms with E-state index in [1.54, 1.807) is 7.11 Å². The molecule has 88 valence electrons. The maximum atomic E-state index is 5.49. The average Bonchev–Trinajstić information content (AvgIpc) is 2.35. The Bertz CT molecular complexity index is 367. The number of hydrogen-bond donors (Lipinski definition) is 1. The molecule has 1 aromatic carbocycles. The van der Waals surface area contributed by atoms with Crippen LogP contribution in [-0.4, -0.2) is 26.9 Å². The molecule has 1 aliphatic heterocycles. The molecule has 0 saturated carbocycles. The Morgan fingerprint density at radius 3 is 2.56 bits per heavy atom. The van der Waals surface area contributed by atoms with Crippen LogP contribution in [0.1, 0.15) is 5.56 Å². The van der Waals surface area contributed by atoms with Crippen LogP contribution in [0.5, 0.6) is 17.2 Å². The molecular formula is C11H15NO4. The van der Waals surface area contributed by atoms with E-state index in [4.69, 9.17) is 20.1 Å². The molecule has 16 heavy (non-hydrogen) atoms. The van der Waals surface area contributed by atoms with Crippen molar-refractivity contribution in [3.63, 3.8) is 0 Å². The van der Waals surface area contributed by atoms with Gasteiger partial charge in [-0.25, -0.2) is 5.90 Å². The summed E-state index contributed by atoms with van der Waals surface area (Å²) in [6, 6.07) is 3.74. The largest absolute Gasteiger partial charge is 0.496 e. The van der Waals surface area contributed by atoms with Crippen LogP contribution < -0.4 is 20.1 Å².